The van der Waals surface area contributed by atoms with Gasteiger partial charge in [-0.25, -0.2) is 4.79 Å². The van der Waals surface area contributed by atoms with E-state index in [1.54, 1.807) is 17.4 Å². The van der Waals surface area contributed by atoms with Gasteiger partial charge >= 0.3 is 5.97 Å². The van der Waals surface area contributed by atoms with E-state index in [9.17, 15) is 4.79 Å². The third kappa shape index (κ3) is 1.36. The lowest BCUT2D eigenvalue weighted by atomic mass is 10.1. The number of fused-ring (bicyclic) bond motifs is 1. The molecule has 0 radical (unpaired) electrons. The molecule has 14 heavy (non-hydrogen) atoms. The number of anilines is 1. The fraction of sp³-hybridized carbons (Fsp3) is 0. The minimum absolute atomic E-state index is 0.181. The smallest absolute Gasteiger partial charge is 0.337 e. The topological polar surface area (TPSA) is 63.3 Å². The molecule has 3 N–H and O–H groups in total. The van der Waals surface area contributed by atoms with Crippen LogP contribution in [-0.2, 0) is 0 Å². The van der Waals surface area contributed by atoms with E-state index in [0.717, 1.165) is 13.7 Å². The first kappa shape index (κ1) is 9.72. The van der Waals surface area contributed by atoms with Gasteiger partial charge in [-0.3, -0.25) is 0 Å². The van der Waals surface area contributed by atoms with Gasteiger partial charge in [0.05, 0.1) is 14.8 Å². The molecular weight excluding hydrogens is 313 g/mol. The minimum atomic E-state index is -0.978. The highest BCUT2D eigenvalue weighted by Gasteiger charge is 2.14. The Kier molecular flexibility index (Phi) is 2.36. The van der Waals surface area contributed by atoms with Crippen molar-refractivity contribution < 1.29 is 9.90 Å². The van der Waals surface area contributed by atoms with Gasteiger partial charge in [-0.15, -0.1) is 11.3 Å². The monoisotopic (exact) mass is 319 g/mol. The van der Waals surface area contributed by atoms with Crippen LogP contribution in [0, 0.1) is 3.57 Å². The van der Waals surface area contributed by atoms with Gasteiger partial charge in [-0.05, 0) is 45.5 Å². The van der Waals surface area contributed by atoms with Gasteiger partial charge in [0.15, 0.2) is 0 Å². The maximum atomic E-state index is 10.9. The second-order valence-corrected chi connectivity index (χ2v) is 4.79. The van der Waals surface area contributed by atoms with Crippen molar-refractivity contribution in [3.8, 4) is 0 Å². The molecule has 0 saturated carbocycles. The molecule has 0 saturated heterocycles. The number of nitrogens with two attached hydrogens (primary N) is 1. The maximum Gasteiger partial charge on any atom is 0.337 e. The van der Waals surface area contributed by atoms with E-state index in [4.69, 9.17) is 10.8 Å². The Hall–Kier alpha value is -0.820. The summed E-state index contributed by atoms with van der Waals surface area (Å²) in [6.07, 6.45) is 0. The Balaban J connectivity index is 2.87. The number of aromatic carboxylic acids is 1. The number of halogens is 1. The second kappa shape index (κ2) is 3.39. The number of carbonyl (C=O) groups is 1. The zero-order valence-corrected chi connectivity index (χ0v) is 9.93. The zero-order chi connectivity index (χ0) is 10.3. The van der Waals surface area contributed by atoms with Crippen molar-refractivity contribution in [2.45, 2.75) is 0 Å². The van der Waals surface area contributed by atoms with Gasteiger partial charge < -0.3 is 10.8 Å². The van der Waals surface area contributed by atoms with Gasteiger partial charge in [0.25, 0.3) is 0 Å². The Morgan fingerprint density at radius 2 is 2.29 bits per heavy atom. The van der Waals surface area contributed by atoms with Crippen LogP contribution < -0.4 is 5.73 Å². The number of hydrogen-bond acceptors (Lipinski definition) is 3. The molecule has 2 rings (SSSR count). The van der Waals surface area contributed by atoms with Gasteiger partial charge in [0.1, 0.15) is 0 Å². The van der Waals surface area contributed by atoms with Gasteiger partial charge in [-0.2, -0.15) is 0 Å². The molecule has 0 bridgehead atoms. The fourth-order valence-electron chi connectivity index (χ4n) is 1.26. The normalized spacial score (nSPS) is 10.6. The van der Waals surface area contributed by atoms with Crippen LogP contribution in [0.3, 0.4) is 0 Å². The van der Waals surface area contributed by atoms with Gasteiger partial charge in [-0.1, -0.05) is 0 Å². The SMILES string of the molecule is Nc1c(C(=O)O)cc2ccsc2c1I. The van der Waals surface area contributed by atoms with Crippen LogP contribution in [0.15, 0.2) is 17.5 Å². The average Bonchev–Trinajstić information content (AvgIpc) is 2.58. The van der Waals surface area contributed by atoms with Crippen molar-refractivity contribution in [1.29, 1.82) is 0 Å². The molecule has 3 nitrogen and oxygen atoms in total. The number of thiophene rings is 1. The molecule has 0 aliphatic carbocycles. The predicted molar refractivity (Wildman–Crippen MR) is 65.9 cm³/mol. The van der Waals surface area contributed by atoms with E-state index in [-0.39, 0.29) is 5.56 Å². The Morgan fingerprint density at radius 1 is 1.57 bits per heavy atom. The standard InChI is InChI=1S/C9H6INO2S/c10-6-7(11)5(9(12)13)3-4-1-2-14-8(4)6/h1-3H,11H2,(H,12,13). The molecule has 1 heterocycles. The number of carboxylic acid groups (broad SMARTS) is 1. The molecule has 0 atom stereocenters. The molecule has 1 aromatic heterocycles. The molecule has 0 aliphatic rings. The molecule has 0 aliphatic heterocycles. The van der Waals surface area contributed by atoms with E-state index in [1.807, 2.05) is 11.4 Å². The predicted octanol–water partition coefficient (Wildman–Crippen LogP) is 2.79. The summed E-state index contributed by atoms with van der Waals surface area (Å²) < 4.78 is 1.88. The molecule has 0 fully saturated rings. The molecule has 0 amide bonds. The highest BCUT2D eigenvalue weighted by molar-refractivity contribution is 14.1. The minimum Gasteiger partial charge on any atom is -0.478 e. The van der Waals surface area contributed by atoms with Gasteiger partial charge in [0, 0.05) is 4.70 Å². The van der Waals surface area contributed by atoms with Crippen molar-refractivity contribution in [3.05, 3.63) is 26.6 Å². The Labute approximate surface area is 97.7 Å². The third-order valence-corrected chi connectivity index (χ3v) is 4.39. The van der Waals surface area contributed by atoms with Crippen molar-refractivity contribution in [1.82, 2.24) is 0 Å². The highest BCUT2D eigenvalue weighted by atomic mass is 127. The summed E-state index contributed by atoms with van der Waals surface area (Å²) in [5.74, 6) is -0.978. The Bertz CT molecular complexity index is 521. The van der Waals surface area contributed by atoms with Crippen LogP contribution in [0.2, 0.25) is 0 Å². The first-order chi connectivity index (χ1) is 6.61. The summed E-state index contributed by atoms with van der Waals surface area (Å²) in [5.41, 5.74) is 6.26. The number of hydrogen-bond donors (Lipinski definition) is 2. The molecule has 2 aromatic rings. The summed E-state index contributed by atoms with van der Waals surface area (Å²) in [6.45, 7) is 0. The number of carboxylic acids is 1. The second-order valence-electron chi connectivity index (χ2n) is 2.80. The maximum absolute atomic E-state index is 10.9. The van der Waals surface area contributed by atoms with E-state index in [0.29, 0.717) is 5.69 Å². The largest absolute Gasteiger partial charge is 0.478 e. The highest BCUT2D eigenvalue weighted by Crippen LogP contribution is 2.32. The molecule has 5 heteroatoms. The number of rotatable bonds is 1. The van der Waals surface area contributed by atoms with E-state index in [2.05, 4.69) is 22.6 Å². The first-order valence-corrected chi connectivity index (χ1v) is 5.75. The lowest BCUT2D eigenvalue weighted by Crippen LogP contribution is -2.03. The molecule has 0 unspecified atom stereocenters. The van der Waals surface area contributed by atoms with Crippen LogP contribution in [-0.4, -0.2) is 11.1 Å². The lowest BCUT2D eigenvalue weighted by Gasteiger charge is -2.04. The van der Waals surface area contributed by atoms with E-state index in [1.165, 1.54) is 0 Å². The van der Waals surface area contributed by atoms with Gasteiger partial charge in [0.2, 0.25) is 0 Å². The summed E-state index contributed by atoms with van der Waals surface area (Å²) in [4.78, 5) is 10.9. The van der Waals surface area contributed by atoms with Crippen LogP contribution in [0.25, 0.3) is 10.1 Å². The Morgan fingerprint density at radius 3 is 2.93 bits per heavy atom. The van der Waals surface area contributed by atoms with Crippen LogP contribution >= 0.6 is 33.9 Å². The molecular formula is C9H6INO2S. The summed E-state index contributed by atoms with van der Waals surface area (Å²) >= 11 is 3.65. The lowest BCUT2D eigenvalue weighted by molar-refractivity contribution is 0.0698. The third-order valence-electron chi connectivity index (χ3n) is 1.95. The number of benzene rings is 1. The quantitative estimate of drug-likeness (QED) is 0.627. The van der Waals surface area contributed by atoms with E-state index >= 15 is 0 Å². The van der Waals surface area contributed by atoms with Crippen LogP contribution in [0.1, 0.15) is 10.4 Å². The summed E-state index contributed by atoms with van der Waals surface area (Å²) in [5, 5.41) is 11.8. The summed E-state index contributed by atoms with van der Waals surface area (Å²) in [6, 6.07) is 3.51. The average molecular weight is 319 g/mol. The molecule has 1 aromatic carbocycles. The van der Waals surface area contributed by atoms with Crippen molar-refractivity contribution >= 4 is 55.7 Å². The van der Waals surface area contributed by atoms with Crippen molar-refractivity contribution in [2.24, 2.45) is 0 Å². The zero-order valence-electron chi connectivity index (χ0n) is 6.95. The number of nitrogen functional groups attached to an aromatic ring is 1. The van der Waals surface area contributed by atoms with Crippen LogP contribution in [0.5, 0.6) is 0 Å². The summed E-state index contributed by atoms with van der Waals surface area (Å²) in [7, 11) is 0. The van der Waals surface area contributed by atoms with Crippen molar-refractivity contribution in [3.63, 3.8) is 0 Å². The van der Waals surface area contributed by atoms with Crippen LogP contribution in [0.4, 0.5) is 5.69 Å². The molecule has 0 spiro atoms. The molecule has 72 valence electrons. The van der Waals surface area contributed by atoms with Crippen molar-refractivity contribution in [2.75, 3.05) is 5.73 Å². The first-order valence-electron chi connectivity index (χ1n) is 3.79. The van der Waals surface area contributed by atoms with E-state index < -0.39 is 5.97 Å². The fourth-order valence-corrected chi connectivity index (χ4v) is 3.07.